The van der Waals surface area contributed by atoms with Crippen molar-refractivity contribution in [2.24, 2.45) is 5.73 Å². The lowest BCUT2D eigenvalue weighted by Crippen LogP contribution is -2.17. The number of rotatable bonds is 3. The van der Waals surface area contributed by atoms with E-state index >= 15 is 0 Å². The molecule has 0 amide bonds. The molecule has 0 aliphatic heterocycles. The summed E-state index contributed by atoms with van der Waals surface area (Å²) in [6.07, 6.45) is 1.74. The summed E-state index contributed by atoms with van der Waals surface area (Å²) in [5, 5.41) is 9.06. The average molecular weight is 235 g/mol. The van der Waals surface area contributed by atoms with Gasteiger partial charge in [-0.3, -0.25) is 0 Å². The van der Waals surface area contributed by atoms with E-state index in [2.05, 4.69) is 9.72 Å². The Labute approximate surface area is 97.6 Å². The van der Waals surface area contributed by atoms with Crippen LogP contribution in [-0.2, 0) is 4.74 Å². The average Bonchev–Trinajstić information content (AvgIpc) is 2.76. The number of aliphatic hydroxyl groups excluding tert-OH is 1. The number of carbonyl (C=O) groups is 1. The van der Waals surface area contributed by atoms with Gasteiger partial charge in [0.1, 0.15) is 5.82 Å². The van der Waals surface area contributed by atoms with E-state index in [9.17, 15) is 4.79 Å². The Balaban J connectivity index is 2.66. The predicted octanol–water partition coefficient (Wildman–Crippen LogP) is 0.113. The number of nitrogens with two attached hydrogens (primary N) is 1. The van der Waals surface area contributed by atoms with E-state index < -0.39 is 12.0 Å². The summed E-state index contributed by atoms with van der Waals surface area (Å²) < 4.78 is 6.33. The number of esters is 1. The normalized spacial score (nSPS) is 12.6. The molecular formula is C11H13N3O3. The van der Waals surface area contributed by atoms with Gasteiger partial charge in [-0.1, -0.05) is 6.07 Å². The van der Waals surface area contributed by atoms with Crippen molar-refractivity contribution < 1.29 is 14.6 Å². The molecule has 0 aliphatic carbocycles. The number of pyridine rings is 1. The van der Waals surface area contributed by atoms with Crippen LogP contribution in [0.3, 0.4) is 0 Å². The zero-order valence-corrected chi connectivity index (χ0v) is 9.33. The van der Waals surface area contributed by atoms with Crippen molar-refractivity contribution >= 4 is 11.5 Å². The summed E-state index contributed by atoms with van der Waals surface area (Å²) in [7, 11) is 1.29. The van der Waals surface area contributed by atoms with Gasteiger partial charge in [-0.2, -0.15) is 0 Å². The Bertz CT molecular complexity index is 550. The van der Waals surface area contributed by atoms with Crippen LogP contribution in [0.1, 0.15) is 22.4 Å². The third-order valence-electron chi connectivity index (χ3n) is 2.48. The van der Waals surface area contributed by atoms with Crippen LogP contribution in [0.2, 0.25) is 0 Å². The Kier molecular flexibility index (Phi) is 3.08. The number of hydrogen-bond acceptors (Lipinski definition) is 5. The van der Waals surface area contributed by atoms with Crippen LogP contribution < -0.4 is 5.73 Å². The fraction of sp³-hybridized carbons (Fsp3) is 0.273. The zero-order chi connectivity index (χ0) is 12.4. The lowest BCUT2D eigenvalue weighted by atomic mass is 10.3. The second kappa shape index (κ2) is 4.52. The van der Waals surface area contributed by atoms with Crippen LogP contribution >= 0.6 is 0 Å². The van der Waals surface area contributed by atoms with Gasteiger partial charge in [0.25, 0.3) is 0 Å². The second-order valence-electron chi connectivity index (χ2n) is 3.56. The van der Waals surface area contributed by atoms with Gasteiger partial charge >= 0.3 is 5.97 Å². The molecule has 0 aromatic carbocycles. The molecule has 6 nitrogen and oxygen atoms in total. The molecule has 6 heteroatoms. The van der Waals surface area contributed by atoms with Crippen molar-refractivity contribution in [3.8, 4) is 0 Å². The molecule has 2 rings (SSSR count). The van der Waals surface area contributed by atoms with Crippen LogP contribution in [0.15, 0.2) is 24.4 Å². The molecule has 2 aromatic rings. The summed E-state index contributed by atoms with van der Waals surface area (Å²) in [4.78, 5) is 15.7. The van der Waals surface area contributed by atoms with Crippen molar-refractivity contribution in [1.29, 1.82) is 0 Å². The molecule has 0 spiro atoms. The van der Waals surface area contributed by atoms with Gasteiger partial charge < -0.3 is 20.0 Å². The minimum absolute atomic E-state index is 0.201. The molecule has 90 valence electrons. The summed E-state index contributed by atoms with van der Waals surface area (Å²) in [6.45, 7) is -0.241. The van der Waals surface area contributed by atoms with Crippen molar-refractivity contribution in [3.63, 3.8) is 0 Å². The van der Waals surface area contributed by atoms with E-state index in [1.807, 2.05) is 0 Å². The van der Waals surface area contributed by atoms with Gasteiger partial charge in [-0.05, 0) is 12.1 Å². The number of methoxy groups -OCH3 is 1. The van der Waals surface area contributed by atoms with Gasteiger partial charge in [-0.25, -0.2) is 9.78 Å². The summed E-state index contributed by atoms with van der Waals surface area (Å²) in [6, 6.07) is 4.69. The lowest BCUT2D eigenvalue weighted by molar-refractivity contribution is 0.0596. The third-order valence-corrected chi connectivity index (χ3v) is 2.48. The van der Waals surface area contributed by atoms with E-state index in [1.54, 1.807) is 28.8 Å². The molecule has 3 N–H and O–H groups in total. The van der Waals surface area contributed by atoms with E-state index in [0.29, 0.717) is 11.3 Å². The Morgan fingerprint density at radius 2 is 2.41 bits per heavy atom. The molecule has 0 aliphatic rings. The maximum absolute atomic E-state index is 11.6. The van der Waals surface area contributed by atoms with Crippen LogP contribution in [0, 0.1) is 0 Å². The third kappa shape index (κ3) is 1.88. The number of imidazole rings is 1. The quantitative estimate of drug-likeness (QED) is 0.737. The van der Waals surface area contributed by atoms with Crippen molar-refractivity contribution in [2.45, 2.75) is 6.04 Å². The first kappa shape index (κ1) is 11.6. The molecule has 0 saturated carbocycles. The number of aromatic nitrogens is 2. The highest BCUT2D eigenvalue weighted by Gasteiger charge is 2.20. The van der Waals surface area contributed by atoms with Gasteiger partial charge in [0.2, 0.25) is 0 Å². The van der Waals surface area contributed by atoms with Crippen LogP contribution in [0.5, 0.6) is 0 Å². The first-order valence-corrected chi connectivity index (χ1v) is 5.10. The number of nitrogens with zero attached hydrogens (tertiary/aromatic N) is 2. The van der Waals surface area contributed by atoms with E-state index in [0.717, 1.165) is 0 Å². The molecule has 1 unspecified atom stereocenters. The van der Waals surface area contributed by atoms with Gasteiger partial charge in [-0.15, -0.1) is 0 Å². The summed E-state index contributed by atoms with van der Waals surface area (Å²) in [5.74, 6) is -0.0893. The van der Waals surface area contributed by atoms with Gasteiger partial charge in [0.05, 0.1) is 25.3 Å². The van der Waals surface area contributed by atoms with E-state index in [1.165, 1.54) is 7.11 Å². The molecule has 17 heavy (non-hydrogen) atoms. The number of carbonyl (C=O) groups excluding carboxylic acids is 1. The van der Waals surface area contributed by atoms with Crippen molar-refractivity contribution in [3.05, 3.63) is 35.9 Å². The number of hydrogen-bond donors (Lipinski definition) is 2. The lowest BCUT2D eigenvalue weighted by Gasteiger charge is -2.05. The SMILES string of the molecule is COC(=O)c1nc(C(N)CO)n2ccccc12. The fourth-order valence-corrected chi connectivity index (χ4v) is 1.65. The summed E-state index contributed by atoms with van der Waals surface area (Å²) >= 11 is 0. The topological polar surface area (TPSA) is 89.8 Å². The molecule has 0 saturated heterocycles. The zero-order valence-electron chi connectivity index (χ0n) is 9.33. The largest absolute Gasteiger partial charge is 0.464 e. The predicted molar refractivity (Wildman–Crippen MR) is 60.5 cm³/mol. The van der Waals surface area contributed by atoms with Gasteiger partial charge in [0, 0.05) is 6.20 Å². The maximum atomic E-state index is 11.6. The Morgan fingerprint density at radius 3 is 3.06 bits per heavy atom. The van der Waals surface area contributed by atoms with E-state index in [4.69, 9.17) is 10.8 Å². The Hall–Kier alpha value is -1.92. The van der Waals surface area contributed by atoms with Gasteiger partial charge in [0.15, 0.2) is 5.69 Å². The minimum Gasteiger partial charge on any atom is -0.464 e. The number of aliphatic hydroxyl groups is 1. The first-order valence-electron chi connectivity index (χ1n) is 5.10. The first-order chi connectivity index (χ1) is 8.19. The Morgan fingerprint density at radius 1 is 1.65 bits per heavy atom. The second-order valence-corrected chi connectivity index (χ2v) is 3.56. The standard InChI is InChI=1S/C11H13N3O3/c1-17-11(16)9-8-4-2-3-5-14(8)10(13-9)7(12)6-15/h2-5,7,15H,6,12H2,1H3. The van der Waals surface area contributed by atoms with Crippen molar-refractivity contribution in [2.75, 3.05) is 13.7 Å². The molecule has 0 bridgehead atoms. The highest BCUT2D eigenvalue weighted by atomic mass is 16.5. The fourth-order valence-electron chi connectivity index (χ4n) is 1.65. The van der Waals surface area contributed by atoms with E-state index in [-0.39, 0.29) is 12.3 Å². The van der Waals surface area contributed by atoms with Crippen LogP contribution in [-0.4, -0.2) is 34.2 Å². The smallest absolute Gasteiger partial charge is 0.358 e. The van der Waals surface area contributed by atoms with Crippen LogP contribution in [0.4, 0.5) is 0 Å². The molecule has 0 fully saturated rings. The maximum Gasteiger partial charge on any atom is 0.358 e. The molecular weight excluding hydrogens is 222 g/mol. The number of fused-ring (bicyclic) bond motifs is 1. The monoisotopic (exact) mass is 235 g/mol. The van der Waals surface area contributed by atoms with Crippen LogP contribution in [0.25, 0.3) is 5.52 Å². The highest BCUT2D eigenvalue weighted by Crippen LogP contribution is 2.17. The molecule has 2 aromatic heterocycles. The van der Waals surface area contributed by atoms with Crippen molar-refractivity contribution in [1.82, 2.24) is 9.38 Å². The minimum atomic E-state index is -0.636. The number of ether oxygens (including phenoxy) is 1. The molecule has 2 heterocycles. The molecule has 0 radical (unpaired) electrons. The summed E-state index contributed by atoms with van der Waals surface area (Å²) in [5.41, 5.74) is 6.54. The molecule has 1 atom stereocenters. The highest BCUT2D eigenvalue weighted by molar-refractivity contribution is 5.95.